The molecule has 2 aromatic heterocycles. The van der Waals surface area contributed by atoms with Gasteiger partial charge in [-0.1, -0.05) is 34.4 Å². The molecule has 160 valence electrons. The van der Waals surface area contributed by atoms with Crippen LogP contribution in [0.1, 0.15) is 24.8 Å². The Labute approximate surface area is 181 Å². The molecule has 1 saturated heterocycles. The van der Waals surface area contributed by atoms with Crippen molar-refractivity contribution in [3.05, 3.63) is 57.9 Å². The zero-order chi connectivity index (χ0) is 21.6. The van der Waals surface area contributed by atoms with Crippen molar-refractivity contribution in [3.63, 3.8) is 0 Å². The van der Waals surface area contributed by atoms with E-state index in [1.54, 1.807) is 24.4 Å². The maximum absolute atomic E-state index is 11.0. The summed E-state index contributed by atoms with van der Waals surface area (Å²) in [7, 11) is 1.41. The van der Waals surface area contributed by atoms with E-state index in [9.17, 15) is 15.3 Å². The van der Waals surface area contributed by atoms with E-state index in [2.05, 4.69) is 15.1 Å². The molecular formula is C19H20Cl2N4O5. The normalized spacial score (nSPS) is 28.2. The molecule has 5 atom stereocenters. The second-order valence-corrected chi connectivity index (χ2v) is 8.04. The van der Waals surface area contributed by atoms with Crippen LogP contribution in [0.15, 0.2) is 41.9 Å². The number of aromatic nitrogens is 3. The second kappa shape index (κ2) is 7.84. The summed E-state index contributed by atoms with van der Waals surface area (Å²) in [4.78, 5) is 12.1. The molecular weight excluding hydrogens is 435 g/mol. The minimum Gasteiger partial charge on any atom is -0.397 e. The Bertz CT molecular complexity index is 1150. The van der Waals surface area contributed by atoms with E-state index < -0.39 is 30.1 Å². The lowest BCUT2D eigenvalue weighted by molar-refractivity contribution is -0.115. The van der Waals surface area contributed by atoms with E-state index >= 15 is 0 Å². The number of H-pyrrole nitrogens is 1. The van der Waals surface area contributed by atoms with Crippen LogP contribution in [-0.2, 0) is 9.57 Å². The first kappa shape index (κ1) is 21.1. The number of ether oxygens (including phenoxy) is 1. The van der Waals surface area contributed by atoms with Crippen molar-refractivity contribution < 1.29 is 24.9 Å². The number of aliphatic hydroxyl groups is 3. The van der Waals surface area contributed by atoms with Gasteiger partial charge in [0.2, 0.25) is 5.49 Å². The van der Waals surface area contributed by atoms with Crippen LogP contribution in [-0.4, -0.2) is 54.8 Å². The average molecular weight is 455 g/mol. The summed E-state index contributed by atoms with van der Waals surface area (Å²) < 4.78 is 7.49. The van der Waals surface area contributed by atoms with E-state index in [1.807, 2.05) is 0 Å². The van der Waals surface area contributed by atoms with E-state index in [1.165, 1.54) is 31.0 Å². The molecule has 4 rings (SSSR count). The minimum absolute atomic E-state index is 0.257. The largest absolute Gasteiger partial charge is 0.397 e. The fraction of sp³-hybridized carbons (Fsp3) is 0.368. The van der Waals surface area contributed by atoms with Gasteiger partial charge in [0, 0.05) is 6.20 Å². The van der Waals surface area contributed by atoms with E-state index in [0.29, 0.717) is 27.1 Å². The van der Waals surface area contributed by atoms with Gasteiger partial charge in [-0.3, -0.25) is 4.57 Å². The highest BCUT2D eigenvalue weighted by molar-refractivity contribution is 6.42. The van der Waals surface area contributed by atoms with Gasteiger partial charge in [0.15, 0.2) is 6.23 Å². The first-order valence-corrected chi connectivity index (χ1v) is 9.81. The molecule has 0 spiro atoms. The van der Waals surface area contributed by atoms with Crippen LogP contribution in [0.5, 0.6) is 0 Å². The molecule has 0 unspecified atom stereocenters. The van der Waals surface area contributed by atoms with Crippen molar-refractivity contribution >= 4 is 34.2 Å². The van der Waals surface area contributed by atoms with Crippen molar-refractivity contribution in [2.75, 3.05) is 7.11 Å². The highest BCUT2D eigenvalue weighted by Crippen LogP contribution is 2.43. The van der Waals surface area contributed by atoms with Crippen LogP contribution in [0.2, 0.25) is 10.0 Å². The van der Waals surface area contributed by atoms with Gasteiger partial charge >= 0.3 is 0 Å². The number of benzene rings is 1. The topological polar surface area (TPSA) is 125 Å². The fourth-order valence-electron chi connectivity index (χ4n) is 3.65. The number of aromatic amines is 1. The summed E-state index contributed by atoms with van der Waals surface area (Å²) in [5, 5.41) is 37.8. The molecule has 0 radical (unpaired) electrons. The third-order valence-electron chi connectivity index (χ3n) is 5.28. The van der Waals surface area contributed by atoms with Crippen molar-refractivity contribution in [2.45, 2.75) is 37.1 Å². The third-order valence-corrected chi connectivity index (χ3v) is 6.02. The molecule has 30 heavy (non-hydrogen) atoms. The van der Waals surface area contributed by atoms with E-state index in [4.69, 9.17) is 32.8 Å². The SMILES string of the molecule is CON=c1ncn([C@@H]2O[C@H]([C@H](O)c3ccc(Cl)c(Cl)c3)[C@@](C)(O)[C@H]2O)c2[nH]ccc12. The van der Waals surface area contributed by atoms with Crippen LogP contribution in [0, 0.1) is 0 Å². The number of nitrogens with zero attached hydrogens (tertiary/aromatic N) is 3. The molecule has 1 aromatic carbocycles. The van der Waals surface area contributed by atoms with Crippen molar-refractivity contribution in [1.82, 2.24) is 14.5 Å². The maximum atomic E-state index is 11.0. The van der Waals surface area contributed by atoms with E-state index in [0.717, 1.165) is 0 Å². The lowest BCUT2D eigenvalue weighted by Gasteiger charge is -2.29. The molecule has 3 heterocycles. The molecule has 0 amide bonds. The van der Waals surface area contributed by atoms with Gasteiger partial charge in [-0.05, 0) is 30.7 Å². The van der Waals surface area contributed by atoms with Crippen LogP contribution in [0.25, 0.3) is 11.0 Å². The predicted molar refractivity (Wildman–Crippen MR) is 109 cm³/mol. The van der Waals surface area contributed by atoms with E-state index in [-0.39, 0.29) is 5.02 Å². The fourth-order valence-corrected chi connectivity index (χ4v) is 3.96. The minimum atomic E-state index is -1.78. The molecule has 9 nitrogen and oxygen atoms in total. The van der Waals surface area contributed by atoms with Gasteiger partial charge in [0.25, 0.3) is 0 Å². The van der Waals surface area contributed by atoms with Crippen LogP contribution in [0.3, 0.4) is 0 Å². The van der Waals surface area contributed by atoms with Crippen molar-refractivity contribution in [2.24, 2.45) is 5.16 Å². The standard InChI is InChI=1S/C19H20Cl2N4O5/c1-19(28)14(27)18(25-8-23-16(24-29-2)10-5-6-22-17(10)25)30-15(19)13(26)9-3-4-11(20)12(21)7-9/h3-8,13-15,18,22,26-28H,1-2H3/t13-,14+,15-,18-,19+/m1/s1. The number of nitrogens with one attached hydrogen (secondary N) is 1. The van der Waals surface area contributed by atoms with Gasteiger partial charge in [0.05, 0.1) is 15.4 Å². The molecule has 11 heteroatoms. The summed E-state index contributed by atoms with van der Waals surface area (Å²) in [5.74, 6) is 0. The molecule has 4 N–H and O–H groups in total. The van der Waals surface area contributed by atoms with Crippen molar-refractivity contribution in [1.29, 1.82) is 0 Å². The number of hydrogen-bond acceptors (Lipinski definition) is 7. The Kier molecular flexibility index (Phi) is 5.52. The highest BCUT2D eigenvalue weighted by atomic mass is 35.5. The monoisotopic (exact) mass is 454 g/mol. The molecule has 1 aliphatic rings. The third kappa shape index (κ3) is 3.37. The number of rotatable bonds is 4. The predicted octanol–water partition coefficient (Wildman–Crippen LogP) is 1.88. The lowest BCUT2D eigenvalue weighted by atomic mass is 9.88. The van der Waals surface area contributed by atoms with Crippen LogP contribution in [0.4, 0.5) is 0 Å². The van der Waals surface area contributed by atoms with Gasteiger partial charge in [-0.15, -0.1) is 0 Å². The molecule has 1 fully saturated rings. The average Bonchev–Trinajstić information content (AvgIpc) is 3.29. The number of aliphatic hydroxyl groups excluding tert-OH is 2. The Hall–Kier alpha value is -2.14. The lowest BCUT2D eigenvalue weighted by Crippen LogP contribution is -2.47. The van der Waals surface area contributed by atoms with Crippen LogP contribution < -0.4 is 5.49 Å². The summed E-state index contributed by atoms with van der Waals surface area (Å²) in [6.07, 6.45) is -1.75. The van der Waals surface area contributed by atoms with Crippen molar-refractivity contribution in [3.8, 4) is 0 Å². The van der Waals surface area contributed by atoms with Gasteiger partial charge in [0.1, 0.15) is 43.0 Å². The molecule has 0 saturated carbocycles. The number of hydrogen-bond donors (Lipinski definition) is 4. The summed E-state index contributed by atoms with van der Waals surface area (Å²) in [6, 6.07) is 6.36. The Balaban J connectivity index is 1.73. The molecule has 3 aromatic rings. The number of halogens is 2. The highest BCUT2D eigenvalue weighted by Gasteiger charge is 2.55. The number of fused-ring (bicyclic) bond motifs is 1. The van der Waals surface area contributed by atoms with Gasteiger partial charge < -0.3 is 29.9 Å². The quantitative estimate of drug-likeness (QED) is 0.446. The van der Waals surface area contributed by atoms with Gasteiger partial charge in [-0.25, -0.2) is 4.98 Å². The molecule has 0 bridgehead atoms. The van der Waals surface area contributed by atoms with Gasteiger partial charge in [-0.2, -0.15) is 0 Å². The Morgan fingerprint density at radius 1 is 1.33 bits per heavy atom. The maximum Gasteiger partial charge on any atom is 0.203 e. The Morgan fingerprint density at radius 3 is 2.80 bits per heavy atom. The summed E-state index contributed by atoms with van der Waals surface area (Å²) >= 11 is 12.0. The Morgan fingerprint density at radius 2 is 2.10 bits per heavy atom. The smallest absolute Gasteiger partial charge is 0.203 e. The summed E-state index contributed by atoms with van der Waals surface area (Å²) in [6.45, 7) is 1.40. The van der Waals surface area contributed by atoms with Crippen LogP contribution >= 0.6 is 23.2 Å². The zero-order valence-corrected chi connectivity index (χ0v) is 17.5. The first-order valence-electron chi connectivity index (χ1n) is 9.06. The second-order valence-electron chi connectivity index (χ2n) is 7.23. The zero-order valence-electron chi connectivity index (χ0n) is 16.0. The summed E-state index contributed by atoms with van der Waals surface area (Å²) in [5.41, 5.74) is -0.496. The first-order chi connectivity index (χ1) is 14.3. The molecule has 1 aliphatic heterocycles. The molecule has 0 aliphatic carbocycles.